The van der Waals surface area contributed by atoms with Crippen molar-refractivity contribution < 1.29 is 22.3 Å². The second-order valence-corrected chi connectivity index (χ2v) is 5.24. The summed E-state index contributed by atoms with van der Waals surface area (Å²) in [6, 6.07) is 2.43. The lowest BCUT2D eigenvalue weighted by Crippen LogP contribution is -2.42. The summed E-state index contributed by atoms with van der Waals surface area (Å²) in [6.07, 6.45) is 2.17. The highest BCUT2D eigenvalue weighted by molar-refractivity contribution is 6.02. The fourth-order valence-corrected chi connectivity index (χ4v) is 2.06. The molecule has 1 aliphatic heterocycles. The number of rotatable bonds is 5. The molecule has 1 fully saturated rings. The third-order valence-electron chi connectivity index (χ3n) is 3.28. The SMILES string of the molecule is C=C/C(=N\C=C(C)C)C(F)(F)C1(c2ccc(F)cc2F)CO1. The first kappa shape index (κ1) is 16.4. The topological polar surface area (TPSA) is 24.9 Å². The quantitative estimate of drug-likeness (QED) is 0.450. The summed E-state index contributed by atoms with van der Waals surface area (Å²) in [7, 11) is 0. The van der Waals surface area contributed by atoms with Gasteiger partial charge in [-0.15, -0.1) is 0 Å². The number of halogens is 4. The monoisotopic (exact) mass is 313 g/mol. The maximum Gasteiger partial charge on any atom is 0.324 e. The molecule has 6 heteroatoms. The normalized spacial score (nSPS) is 21.5. The van der Waals surface area contributed by atoms with Crippen LogP contribution in [0.1, 0.15) is 19.4 Å². The molecule has 1 saturated heterocycles. The van der Waals surface area contributed by atoms with Gasteiger partial charge in [0.05, 0.1) is 6.61 Å². The lowest BCUT2D eigenvalue weighted by molar-refractivity contribution is -0.0144. The minimum absolute atomic E-state index is 0.385. The Hall–Kier alpha value is -1.95. The number of hydrogen-bond acceptors (Lipinski definition) is 2. The van der Waals surface area contributed by atoms with Crippen molar-refractivity contribution in [2.75, 3.05) is 6.61 Å². The van der Waals surface area contributed by atoms with E-state index in [9.17, 15) is 17.6 Å². The van der Waals surface area contributed by atoms with E-state index < -0.39 is 34.4 Å². The molecule has 0 aliphatic carbocycles. The summed E-state index contributed by atoms with van der Waals surface area (Å²) >= 11 is 0. The van der Waals surface area contributed by atoms with E-state index in [0.29, 0.717) is 11.6 Å². The molecule has 0 amide bonds. The lowest BCUT2D eigenvalue weighted by atomic mass is 9.89. The molecule has 1 aromatic rings. The summed E-state index contributed by atoms with van der Waals surface area (Å²) in [6.45, 7) is 6.34. The van der Waals surface area contributed by atoms with Gasteiger partial charge in [-0.3, -0.25) is 4.99 Å². The van der Waals surface area contributed by atoms with Crippen molar-refractivity contribution in [3.63, 3.8) is 0 Å². The predicted molar refractivity (Wildman–Crippen MR) is 76.0 cm³/mol. The molecule has 1 atom stereocenters. The van der Waals surface area contributed by atoms with Crippen LogP contribution in [0.4, 0.5) is 17.6 Å². The molecule has 1 heterocycles. The van der Waals surface area contributed by atoms with Gasteiger partial charge < -0.3 is 4.74 Å². The fourth-order valence-electron chi connectivity index (χ4n) is 2.06. The number of epoxide rings is 1. The standard InChI is InChI=1S/C16H15F4NO/c1-4-14(21-8-10(2)3)16(19,20)15(9-22-15)12-6-5-11(17)7-13(12)18/h4-8H,1,9H2,2-3H3/b21-14+. The maximum absolute atomic E-state index is 14.7. The average Bonchev–Trinajstić information content (AvgIpc) is 3.20. The first-order valence-corrected chi connectivity index (χ1v) is 6.56. The van der Waals surface area contributed by atoms with Crippen LogP contribution in [0.25, 0.3) is 0 Å². The van der Waals surface area contributed by atoms with Gasteiger partial charge in [0, 0.05) is 17.8 Å². The van der Waals surface area contributed by atoms with Crippen LogP contribution in [0, 0.1) is 11.6 Å². The van der Waals surface area contributed by atoms with Crippen molar-refractivity contribution >= 4 is 5.71 Å². The van der Waals surface area contributed by atoms with Crippen LogP contribution < -0.4 is 0 Å². The van der Waals surface area contributed by atoms with Crippen molar-refractivity contribution in [1.82, 2.24) is 0 Å². The van der Waals surface area contributed by atoms with Gasteiger partial charge in [0.2, 0.25) is 0 Å². The van der Waals surface area contributed by atoms with Crippen molar-refractivity contribution in [3.8, 4) is 0 Å². The van der Waals surface area contributed by atoms with Crippen LogP contribution in [0.3, 0.4) is 0 Å². The van der Waals surface area contributed by atoms with Crippen molar-refractivity contribution in [2.24, 2.45) is 4.99 Å². The zero-order valence-electron chi connectivity index (χ0n) is 12.2. The molecule has 0 radical (unpaired) electrons. The Kier molecular flexibility index (Phi) is 4.24. The summed E-state index contributed by atoms with van der Waals surface area (Å²) in [5, 5.41) is 0. The largest absolute Gasteiger partial charge is 0.357 e. The summed E-state index contributed by atoms with van der Waals surface area (Å²) < 4.78 is 61.2. The highest BCUT2D eigenvalue weighted by atomic mass is 19.3. The smallest absolute Gasteiger partial charge is 0.324 e. The molecule has 2 rings (SSSR count). The molecular formula is C16H15F4NO. The molecule has 1 aliphatic rings. The average molecular weight is 313 g/mol. The molecule has 0 saturated carbocycles. The molecule has 0 N–H and O–H groups in total. The van der Waals surface area contributed by atoms with Gasteiger partial charge in [-0.2, -0.15) is 8.78 Å². The zero-order chi connectivity index (χ0) is 16.5. The Labute approximate surface area is 125 Å². The minimum Gasteiger partial charge on any atom is -0.357 e. The number of nitrogens with zero attached hydrogens (tertiary/aromatic N) is 1. The molecular weight excluding hydrogens is 298 g/mol. The van der Waals surface area contributed by atoms with Crippen LogP contribution >= 0.6 is 0 Å². The van der Waals surface area contributed by atoms with E-state index in [0.717, 1.165) is 18.2 Å². The molecule has 22 heavy (non-hydrogen) atoms. The van der Waals surface area contributed by atoms with Crippen LogP contribution in [0.2, 0.25) is 0 Å². The van der Waals surface area contributed by atoms with E-state index in [-0.39, 0.29) is 6.61 Å². The Balaban J connectivity index is 2.49. The number of aliphatic imine (C=N–C) groups is 1. The van der Waals surface area contributed by atoms with Gasteiger partial charge in [-0.05, 0) is 32.1 Å². The van der Waals surface area contributed by atoms with Gasteiger partial charge in [0.1, 0.15) is 17.3 Å². The predicted octanol–water partition coefficient (Wildman–Crippen LogP) is 4.38. The second kappa shape index (κ2) is 5.68. The number of benzene rings is 1. The molecule has 1 aromatic carbocycles. The number of hydrogen-bond donors (Lipinski definition) is 0. The lowest BCUT2D eigenvalue weighted by Gasteiger charge is -2.24. The van der Waals surface area contributed by atoms with Gasteiger partial charge >= 0.3 is 5.92 Å². The molecule has 0 spiro atoms. The Morgan fingerprint density at radius 1 is 1.36 bits per heavy atom. The zero-order valence-corrected chi connectivity index (χ0v) is 12.2. The molecule has 1 unspecified atom stereocenters. The Morgan fingerprint density at radius 3 is 2.45 bits per heavy atom. The van der Waals surface area contributed by atoms with Crippen LogP contribution in [-0.4, -0.2) is 18.2 Å². The van der Waals surface area contributed by atoms with Crippen molar-refractivity contribution in [2.45, 2.75) is 25.4 Å². The highest BCUT2D eigenvalue weighted by Gasteiger charge is 2.68. The Morgan fingerprint density at radius 2 is 2.00 bits per heavy atom. The van der Waals surface area contributed by atoms with Gasteiger partial charge in [-0.1, -0.05) is 12.2 Å². The number of allylic oxidation sites excluding steroid dienone is 2. The van der Waals surface area contributed by atoms with E-state index in [2.05, 4.69) is 11.6 Å². The second-order valence-electron chi connectivity index (χ2n) is 5.24. The van der Waals surface area contributed by atoms with Crippen LogP contribution in [-0.2, 0) is 10.3 Å². The van der Waals surface area contributed by atoms with Gasteiger partial charge in [0.15, 0.2) is 5.60 Å². The maximum atomic E-state index is 14.7. The first-order valence-electron chi connectivity index (χ1n) is 6.56. The Bertz CT molecular complexity index is 656. The van der Waals surface area contributed by atoms with E-state index in [1.165, 1.54) is 6.20 Å². The van der Waals surface area contributed by atoms with Crippen LogP contribution in [0.5, 0.6) is 0 Å². The minimum atomic E-state index is -3.60. The van der Waals surface area contributed by atoms with E-state index in [1.54, 1.807) is 13.8 Å². The third-order valence-corrected chi connectivity index (χ3v) is 3.28. The molecule has 0 aromatic heterocycles. The number of alkyl halides is 2. The fraction of sp³-hybridized carbons (Fsp3) is 0.312. The molecule has 2 nitrogen and oxygen atoms in total. The van der Waals surface area contributed by atoms with E-state index >= 15 is 0 Å². The number of ether oxygens (including phenoxy) is 1. The van der Waals surface area contributed by atoms with Gasteiger partial charge in [0.25, 0.3) is 0 Å². The van der Waals surface area contributed by atoms with Crippen LogP contribution in [0.15, 0.2) is 47.6 Å². The molecule has 118 valence electrons. The van der Waals surface area contributed by atoms with E-state index in [4.69, 9.17) is 4.74 Å². The summed E-state index contributed by atoms with van der Waals surface area (Å²) in [5.41, 5.74) is -2.48. The van der Waals surface area contributed by atoms with Crippen molar-refractivity contribution in [1.29, 1.82) is 0 Å². The molecule has 0 bridgehead atoms. The highest BCUT2D eigenvalue weighted by Crippen LogP contribution is 2.52. The van der Waals surface area contributed by atoms with E-state index in [1.807, 2.05) is 0 Å². The van der Waals surface area contributed by atoms with Crippen molar-refractivity contribution in [3.05, 3.63) is 59.8 Å². The summed E-state index contributed by atoms with van der Waals surface area (Å²) in [5.74, 6) is -5.52. The summed E-state index contributed by atoms with van der Waals surface area (Å²) in [4.78, 5) is 3.70. The third kappa shape index (κ3) is 2.70. The van der Waals surface area contributed by atoms with Gasteiger partial charge in [-0.25, -0.2) is 8.78 Å². The first-order chi connectivity index (χ1) is 10.2.